The fourth-order valence-corrected chi connectivity index (χ4v) is 6.95. The van der Waals surface area contributed by atoms with Gasteiger partial charge in [-0.1, -0.05) is 0 Å². The highest BCUT2D eigenvalue weighted by Gasteiger charge is 2.31. The minimum Gasteiger partial charge on any atom is -0.376 e. The van der Waals surface area contributed by atoms with Crippen LogP contribution >= 0.6 is 0 Å². The molecule has 9 heteroatoms. The van der Waals surface area contributed by atoms with Crippen LogP contribution in [0.15, 0.2) is 6.07 Å². The molecule has 2 aromatic heterocycles. The van der Waals surface area contributed by atoms with Crippen LogP contribution in [0.3, 0.4) is 0 Å². The average Bonchev–Trinajstić information content (AvgIpc) is 3.50. The summed E-state index contributed by atoms with van der Waals surface area (Å²) in [6, 6.07) is 1.90. The zero-order valence-corrected chi connectivity index (χ0v) is 21.2. The molecule has 33 heavy (non-hydrogen) atoms. The van der Waals surface area contributed by atoms with E-state index in [4.69, 9.17) is 4.74 Å². The lowest BCUT2D eigenvalue weighted by Gasteiger charge is -2.17. The van der Waals surface area contributed by atoms with Crippen molar-refractivity contribution in [2.24, 2.45) is 0 Å². The lowest BCUT2D eigenvalue weighted by atomic mass is 10.1. The van der Waals surface area contributed by atoms with Crippen LogP contribution in [-0.2, 0) is 27.7 Å². The molecule has 0 spiro atoms. The van der Waals surface area contributed by atoms with E-state index >= 15 is 0 Å². The zero-order valence-electron chi connectivity index (χ0n) is 20.4. The molecule has 2 atom stereocenters. The second-order valence-electron chi connectivity index (χ2n) is 9.78. The minimum atomic E-state index is -2.97. The zero-order chi connectivity index (χ0) is 23.9. The smallest absolute Gasteiger partial charge is 0.178 e. The molecule has 4 heterocycles. The summed E-state index contributed by atoms with van der Waals surface area (Å²) in [5.74, 6) is 0.490. The van der Waals surface area contributed by atoms with Crippen molar-refractivity contribution in [2.45, 2.75) is 72.2 Å². The van der Waals surface area contributed by atoms with Gasteiger partial charge in [0.05, 0.1) is 35.9 Å². The Hall–Kier alpha value is -1.97. The number of aromatic nitrogens is 3. The fraction of sp³-hybridized carbons (Fsp3) is 0.667. The first-order valence-electron chi connectivity index (χ1n) is 11.8. The second-order valence-corrected chi connectivity index (χ2v) is 12.0. The highest BCUT2D eigenvalue weighted by Crippen LogP contribution is 2.27. The van der Waals surface area contributed by atoms with Crippen LogP contribution in [0.5, 0.6) is 0 Å². The minimum absolute atomic E-state index is 0.0939. The summed E-state index contributed by atoms with van der Waals surface area (Å²) < 4.78 is 33.7. The number of ether oxygens (including phenoxy) is 1. The summed E-state index contributed by atoms with van der Waals surface area (Å²) in [6.07, 6.45) is 3.02. The van der Waals surface area contributed by atoms with Crippen molar-refractivity contribution in [3.63, 3.8) is 0 Å². The highest BCUT2D eigenvalue weighted by molar-refractivity contribution is 7.91. The summed E-state index contributed by atoms with van der Waals surface area (Å²) in [5.41, 5.74) is 5.82. The Kier molecular flexibility index (Phi) is 6.85. The van der Waals surface area contributed by atoms with Gasteiger partial charge in [0.2, 0.25) is 0 Å². The standard InChI is InChI=1S/C24H36N4O4S/c1-16-11-22(18(3)27(16)12-21-7-6-9-32-21)24(29)14-26(5)13-23-17(2)25-28(19(23)4)20-8-10-33(30,31)15-20/h11,20-21H,6-10,12-15H2,1-5H3. The Labute approximate surface area is 196 Å². The number of ketones is 1. The van der Waals surface area contributed by atoms with Gasteiger partial charge in [0, 0.05) is 47.9 Å². The predicted octanol–water partition coefficient (Wildman–Crippen LogP) is 2.77. The SMILES string of the molecule is Cc1nn(C2CCS(=O)(=O)C2)c(C)c1CN(C)CC(=O)c1cc(C)n(CC2CCCO2)c1C. The first-order chi connectivity index (χ1) is 15.6. The summed E-state index contributed by atoms with van der Waals surface area (Å²) in [4.78, 5) is 15.2. The van der Waals surface area contributed by atoms with Gasteiger partial charge >= 0.3 is 0 Å². The Morgan fingerprint density at radius 3 is 2.61 bits per heavy atom. The Bertz CT molecular complexity index is 1140. The maximum absolute atomic E-state index is 13.2. The summed E-state index contributed by atoms with van der Waals surface area (Å²) in [7, 11) is -1.03. The summed E-state index contributed by atoms with van der Waals surface area (Å²) in [6.45, 7) is 10.5. The van der Waals surface area contributed by atoms with Crippen LogP contribution in [-0.4, -0.2) is 71.3 Å². The molecule has 0 aliphatic carbocycles. The third-order valence-electron chi connectivity index (χ3n) is 7.15. The first kappa shape index (κ1) is 24.2. The number of Topliss-reactive ketones (excluding diaryl/α,β-unsaturated/α-hetero) is 1. The fourth-order valence-electron chi connectivity index (χ4n) is 5.26. The number of hydrogen-bond donors (Lipinski definition) is 0. The molecular formula is C24H36N4O4S. The first-order valence-corrected chi connectivity index (χ1v) is 13.6. The van der Waals surface area contributed by atoms with E-state index in [0.29, 0.717) is 19.5 Å². The number of carbonyl (C=O) groups is 1. The molecule has 2 aliphatic rings. The van der Waals surface area contributed by atoms with Crippen molar-refractivity contribution < 1.29 is 17.9 Å². The molecular weight excluding hydrogens is 440 g/mol. The molecule has 0 saturated carbocycles. The average molecular weight is 477 g/mol. The molecule has 4 rings (SSSR count). The maximum atomic E-state index is 13.2. The van der Waals surface area contributed by atoms with Crippen LogP contribution in [0.2, 0.25) is 0 Å². The van der Waals surface area contributed by atoms with Gasteiger partial charge in [-0.15, -0.1) is 0 Å². The molecule has 0 aromatic carbocycles. The van der Waals surface area contributed by atoms with Crippen molar-refractivity contribution in [3.05, 3.63) is 40.0 Å². The van der Waals surface area contributed by atoms with Gasteiger partial charge in [0.1, 0.15) is 0 Å². The van der Waals surface area contributed by atoms with Crippen molar-refractivity contribution in [2.75, 3.05) is 31.7 Å². The number of carbonyl (C=O) groups excluding carboxylic acids is 1. The number of sulfone groups is 1. The van der Waals surface area contributed by atoms with Gasteiger partial charge in [-0.05, 0) is 60.1 Å². The molecule has 8 nitrogen and oxygen atoms in total. The van der Waals surface area contributed by atoms with Gasteiger partial charge in [-0.25, -0.2) is 8.42 Å². The van der Waals surface area contributed by atoms with Crippen molar-refractivity contribution >= 4 is 15.6 Å². The van der Waals surface area contributed by atoms with Gasteiger partial charge in [0.25, 0.3) is 0 Å². The molecule has 0 amide bonds. The molecule has 0 N–H and O–H groups in total. The van der Waals surface area contributed by atoms with Gasteiger partial charge in [-0.3, -0.25) is 14.4 Å². The Morgan fingerprint density at radius 2 is 1.97 bits per heavy atom. The Morgan fingerprint density at radius 1 is 1.21 bits per heavy atom. The van der Waals surface area contributed by atoms with Crippen LogP contribution in [0.1, 0.15) is 64.0 Å². The normalized spacial score (nSPS) is 22.5. The molecule has 2 aliphatic heterocycles. The van der Waals surface area contributed by atoms with Crippen molar-refractivity contribution in [1.29, 1.82) is 0 Å². The van der Waals surface area contributed by atoms with Crippen molar-refractivity contribution in [3.8, 4) is 0 Å². The molecule has 182 valence electrons. The molecule has 2 fully saturated rings. The van der Waals surface area contributed by atoms with E-state index in [1.54, 1.807) is 0 Å². The predicted molar refractivity (Wildman–Crippen MR) is 128 cm³/mol. The van der Waals surface area contributed by atoms with Gasteiger partial charge in [0.15, 0.2) is 15.6 Å². The van der Waals surface area contributed by atoms with Gasteiger partial charge < -0.3 is 9.30 Å². The number of rotatable bonds is 8. The number of likely N-dealkylation sites (N-methyl/N-ethyl adjacent to an activating group) is 1. The van der Waals surface area contributed by atoms with E-state index in [2.05, 4.69) is 9.67 Å². The van der Waals surface area contributed by atoms with E-state index < -0.39 is 9.84 Å². The van der Waals surface area contributed by atoms with E-state index in [0.717, 1.165) is 59.9 Å². The summed E-state index contributed by atoms with van der Waals surface area (Å²) >= 11 is 0. The van der Waals surface area contributed by atoms with Crippen molar-refractivity contribution in [1.82, 2.24) is 19.2 Å². The molecule has 2 aromatic rings. The van der Waals surface area contributed by atoms with E-state index in [1.165, 1.54) is 0 Å². The molecule has 2 unspecified atom stereocenters. The van der Waals surface area contributed by atoms with Gasteiger partial charge in [-0.2, -0.15) is 5.10 Å². The molecule has 2 saturated heterocycles. The highest BCUT2D eigenvalue weighted by atomic mass is 32.2. The number of hydrogen-bond acceptors (Lipinski definition) is 6. The number of nitrogens with zero attached hydrogens (tertiary/aromatic N) is 4. The third kappa shape index (κ3) is 5.10. The topological polar surface area (TPSA) is 86.4 Å². The van der Waals surface area contributed by atoms with Crippen LogP contribution in [0.25, 0.3) is 0 Å². The van der Waals surface area contributed by atoms with E-state index in [1.807, 2.05) is 50.4 Å². The Balaban J connectivity index is 1.43. The van der Waals surface area contributed by atoms with E-state index in [-0.39, 0.29) is 29.4 Å². The summed E-state index contributed by atoms with van der Waals surface area (Å²) in [5, 5.41) is 4.65. The second kappa shape index (κ2) is 9.35. The van der Waals surface area contributed by atoms with Crippen LogP contribution in [0, 0.1) is 27.7 Å². The largest absolute Gasteiger partial charge is 0.376 e. The molecule has 0 bridgehead atoms. The third-order valence-corrected chi connectivity index (χ3v) is 8.91. The van der Waals surface area contributed by atoms with Crippen LogP contribution < -0.4 is 0 Å². The van der Waals surface area contributed by atoms with E-state index in [9.17, 15) is 13.2 Å². The lowest BCUT2D eigenvalue weighted by molar-refractivity contribution is 0.0931. The quantitative estimate of drug-likeness (QED) is 0.545. The lowest BCUT2D eigenvalue weighted by Crippen LogP contribution is -2.26. The molecule has 0 radical (unpaired) electrons. The van der Waals surface area contributed by atoms with Crippen LogP contribution in [0.4, 0.5) is 0 Å². The maximum Gasteiger partial charge on any atom is 0.178 e. The monoisotopic (exact) mass is 476 g/mol. The number of aryl methyl sites for hydroxylation is 2.